The van der Waals surface area contributed by atoms with Crippen molar-refractivity contribution in [2.45, 2.75) is 31.3 Å². The predicted octanol–water partition coefficient (Wildman–Crippen LogP) is 2.08. The molecule has 1 aromatic rings. The summed E-state index contributed by atoms with van der Waals surface area (Å²) >= 11 is 0. The fourth-order valence-electron chi connectivity index (χ4n) is 3.68. The van der Waals surface area contributed by atoms with Gasteiger partial charge in [-0.3, -0.25) is 4.90 Å². The van der Waals surface area contributed by atoms with Gasteiger partial charge in [0.15, 0.2) is 0 Å². The number of piperidine rings is 1. The number of nitrogens with zero attached hydrogens (tertiary/aromatic N) is 2. The van der Waals surface area contributed by atoms with Crippen LogP contribution in [0.15, 0.2) is 30.3 Å². The van der Waals surface area contributed by atoms with E-state index in [0.29, 0.717) is 0 Å². The number of hydrogen-bond donors (Lipinski definition) is 1. The summed E-state index contributed by atoms with van der Waals surface area (Å²) in [4.78, 5) is 5.02. The molecule has 2 aliphatic rings. The highest BCUT2D eigenvalue weighted by atomic mass is 16.5. The van der Waals surface area contributed by atoms with Crippen LogP contribution in [0.25, 0.3) is 0 Å². The molecule has 3 rings (SSSR count). The van der Waals surface area contributed by atoms with Crippen LogP contribution < -0.4 is 0 Å². The molecular formula is C19H30N2O2. The first kappa shape index (κ1) is 16.9. The van der Waals surface area contributed by atoms with Gasteiger partial charge in [0.25, 0.3) is 0 Å². The van der Waals surface area contributed by atoms with E-state index in [2.05, 4.69) is 21.9 Å². The Balaban J connectivity index is 1.34. The maximum absolute atomic E-state index is 10.9. The largest absolute Gasteiger partial charge is 0.385 e. The van der Waals surface area contributed by atoms with Crippen LogP contribution in [0, 0.1) is 0 Å². The van der Waals surface area contributed by atoms with Crippen molar-refractivity contribution in [3.05, 3.63) is 35.9 Å². The topological polar surface area (TPSA) is 35.9 Å². The molecule has 0 unspecified atom stereocenters. The lowest BCUT2D eigenvalue weighted by atomic mass is 9.84. The average Bonchev–Trinajstić information content (AvgIpc) is 2.62. The molecule has 0 amide bonds. The molecule has 1 N–H and O–H groups in total. The third-order valence-electron chi connectivity index (χ3n) is 5.30. The molecule has 128 valence electrons. The molecule has 2 saturated heterocycles. The van der Waals surface area contributed by atoms with Crippen molar-refractivity contribution in [2.24, 2.45) is 0 Å². The van der Waals surface area contributed by atoms with Gasteiger partial charge in [0.1, 0.15) is 0 Å². The molecule has 0 aliphatic carbocycles. The second kappa shape index (κ2) is 8.25. The maximum Gasteiger partial charge on any atom is 0.0920 e. The van der Waals surface area contributed by atoms with Crippen LogP contribution >= 0.6 is 0 Å². The average molecular weight is 318 g/mol. The smallest absolute Gasteiger partial charge is 0.0920 e. The lowest BCUT2D eigenvalue weighted by molar-refractivity contribution is -0.0263. The second-order valence-electron chi connectivity index (χ2n) is 6.90. The number of morpholine rings is 1. The van der Waals surface area contributed by atoms with Gasteiger partial charge in [-0.15, -0.1) is 0 Å². The van der Waals surface area contributed by atoms with E-state index in [-0.39, 0.29) is 0 Å². The van der Waals surface area contributed by atoms with Crippen molar-refractivity contribution in [3.63, 3.8) is 0 Å². The monoisotopic (exact) mass is 318 g/mol. The summed E-state index contributed by atoms with van der Waals surface area (Å²) in [5.41, 5.74) is 0.456. The highest BCUT2D eigenvalue weighted by molar-refractivity contribution is 5.22. The maximum atomic E-state index is 10.9. The molecule has 2 fully saturated rings. The first-order valence-electron chi connectivity index (χ1n) is 9.07. The van der Waals surface area contributed by atoms with E-state index >= 15 is 0 Å². The van der Waals surface area contributed by atoms with Crippen LogP contribution in [-0.4, -0.2) is 67.4 Å². The zero-order chi connectivity index (χ0) is 16.0. The molecule has 0 radical (unpaired) electrons. The summed E-state index contributed by atoms with van der Waals surface area (Å²) in [6.07, 6.45) is 4.21. The quantitative estimate of drug-likeness (QED) is 0.815. The molecule has 2 heterocycles. The van der Waals surface area contributed by atoms with Crippen LogP contribution in [0.2, 0.25) is 0 Å². The van der Waals surface area contributed by atoms with Crippen LogP contribution in [0.5, 0.6) is 0 Å². The van der Waals surface area contributed by atoms with E-state index < -0.39 is 5.60 Å². The standard InChI is InChI=1S/C19H30N2O2/c22-19(18-6-2-1-3-7-18)8-12-20(13-9-19)10-4-5-11-21-14-16-23-17-15-21/h1-3,6-7,22H,4-5,8-17H2. The number of unbranched alkanes of at least 4 members (excludes halogenated alkanes) is 1. The molecule has 1 aromatic carbocycles. The van der Waals surface area contributed by atoms with Crippen LogP contribution in [0.4, 0.5) is 0 Å². The minimum Gasteiger partial charge on any atom is -0.385 e. The summed E-state index contributed by atoms with van der Waals surface area (Å²) in [5.74, 6) is 0. The van der Waals surface area contributed by atoms with Gasteiger partial charge in [0.05, 0.1) is 18.8 Å². The van der Waals surface area contributed by atoms with Crippen LogP contribution in [-0.2, 0) is 10.3 Å². The minimum atomic E-state index is -0.619. The Hall–Kier alpha value is -0.940. The zero-order valence-electron chi connectivity index (χ0n) is 14.1. The van der Waals surface area contributed by atoms with Gasteiger partial charge in [-0.05, 0) is 44.3 Å². The second-order valence-corrected chi connectivity index (χ2v) is 6.90. The SMILES string of the molecule is OC1(c2ccccc2)CCN(CCCCN2CCOCC2)CC1. The summed E-state index contributed by atoms with van der Waals surface area (Å²) in [6.45, 7) is 8.34. The number of ether oxygens (including phenoxy) is 1. The highest BCUT2D eigenvalue weighted by Gasteiger charge is 2.33. The number of hydrogen-bond acceptors (Lipinski definition) is 4. The van der Waals surface area contributed by atoms with Crippen molar-refractivity contribution >= 4 is 0 Å². The van der Waals surface area contributed by atoms with Gasteiger partial charge in [-0.2, -0.15) is 0 Å². The van der Waals surface area contributed by atoms with E-state index in [0.717, 1.165) is 64.3 Å². The molecular weight excluding hydrogens is 288 g/mol. The number of likely N-dealkylation sites (tertiary alicyclic amines) is 1. The first-order valence-corrected chi connectivity index (χ1v) is 9.07. The fourth-order valence-corrected chi connectivity index (χ4v) is 3.68. The third kappa shape index (κ3) is 4.77. The molecule has 0 atom stereocenters. The highest BCUT2D eigenvalue weighted by Crippen LogP contribution is 2.32. The normalized spacial score (nSPS) is 23.0. The van der Waals surface area contributed by atoms with Gasteiger partial charge >= 0.3 is 0 Å². The summed E-state index contributed by atoms with van der Waals surface area (Å²) in [6, 6.07) is 10.2. The van der Waals surface area contributed by atoms with Gasteiger partial charge in [-0.25, -0.2) is 0 Å². The molecule has 23 heavy (non-hydrogen) atoms. The van der Waals surface area contributed by atoms with Crippen molar-refractivity contribution < 1.29 is 9.84 Å². The summed E-state index contributed by atoms with van der Waals surface area (Å²) in [5, 5.41) is 10.9. The number of rotatable bonds is 6. The lowest BCUT2D eigenvalue weighted by Crippen LogP contribution is -2.43. The van der Waals surface area contributed by atoms with Gasteiger partial charge in [-0.1, -0.05) is 30.3 Å². The molecule has 4 nitrogen and oxygen atoms in total. The van der Waals surface area contributed by atoms with E-state index in [4.69, 9.17) is 4.74 Å². The van der Waals surface area contributed by atoms with Crippen LogP contribution in [0.1, 0.15) is 31.2 Å². The van der Waals surface area contributed by atoms with Gasteiger partial charge in [0.2, 0.25) is 0 Å². The summed E-state index contributed by atoms with van der Waals surface area (Å²) < 4.78 is 5.38. The van der Waals surface area contributed by atoms with Crippen molar-refractivity contribution in [3.8, 4) is 0 Å². The molecule has 0 saturated carbocycles. The number of aliphatic hydroxyl groups is 1. The molecule has 2 aliphatic heterocycles. The Kier molecular flexibility index (Phi) is 6.06. The Morgan fingerprint density at radius 3 is 2.04 bits per heavy atom. The van der Waals surface area contributed by atoms with Crippen molar-refractivity contribution in [2.75, 3.05) is 52.5 Å². The summed E-state index contributed by atoms with van der Waals surface area (Å²) in [7, 11) is 0. The molecule has 0 bridgehead atoms. The third-order valence-corrected chi connectivity index (χ3v) is 5.30. The Morgan fingerprint density at radius 1 is 0.870 bits per heavy atom. The minimum absolute atomic E-state index is 0.619. The predicted molar refractivity (Wildman–Crippen MR) is 92.5 cm³/mol. The van der Waals surface area contributed by atoms with Crippen LogP contribution in [0.3, 0.4) is 0 Å². The number of benzene rings is 1. The van der Waals surface area contributed by atoms with Crippen molar-refractivity contribution in [1.29, 1.82) is 0 Å². The Bertz CT molecular complexity index is 452. The molecule has 0 spiro atoms. The Labute approximate surface area is 140 Å². The fraction of sp³-hybridized carbons (Fsp3) is 0.684. The lowest BCUT2D eigenvalue weighted by Gasteiger charge is -2.38. The van der Waals surface area contributed by atoms with E-state index in [9.17, 15) is 5.11 Å². The molecule has 4 heteroatoms. The van der Waals surface area contributed by atoms with Gasteiger partial charge in [0, 0.05) is 26.2 Å². The molecule has 0 aromatic heterocycles. The van der Waals surface area contributed by atoms with Crippen molar-refractivity contribution in [1.82, 2.24) is 9.80 Å². The van der Waals surface area contributed by atoms with E-state index in [1.807, 2.05) is 18.2 Å². The van der Waals surface area contributed by atoms with E-state index in [1.165, 1.54) is 19.4 Å². The zero-order valence-corrected chi connectivity index (χ0v) is 14.1. The Morgan fingerprint density at radius 2 is 1.43 bits per heavy atom. The van der Waals surface area contributed by atoms with Gasteiger partial charge < -0.3 is 14.7 Å². The van der Waals surface area contributed by atoms with E-state index in [1.54, 1.807) is 0 Å². The first-order chi connectivity index (χ1) is 11.3.